The first-order valence-corrected chi connectivity index (χ1v) is 8.49. The SMILES string of the molecule is Cc1ccc(C(=O)N2CCN([C@@H]3Cc4ccccc4[C@H]3O)CC2)o1. The van der Waals surface area contributed by atoms with E-state index in [1.807, 2.05) is 36.1 Å². The van der Waals surface area contributed by atoms with Crippen LogP contribution in [0.25, 0.3) is 0 Å². The van der Waals surface area contributed by atoms with Crippen LogP contribution in [0.2, 0.25) is 0 Å². The van der Waals surface area contributed by atoms with Crippen molar-refractivity contribution in [2.24, 2.45) is 0 Å². The van der Waals surface area contributed by atoms with E-state index in [2.05, 4.69) is 11.0 Å². The monoisotopic (exact) mass is 326 g/mol. The van der Waals surface area contributed by atoms with Crippen molar-refractivity contribution in [3.63, 3.8) is 0 Å². The van der Waals surface area contributed by atoms with Crippen LogP contribution in [-0.2, 0) is 6.42 Å². The number of carbonyl (C=O) groups is 1. The van der Waals surface area contributed by atoms with E-state index in [1.54, 1.807) is 6.07 Å². The highest BCUT2D eigenvalue weighted by molar-refractivity contribution is 5.91. The van der Waals surface area contributed by atoms with E-state index in [9.17, 15) is 9.90 Å². The van der Waals surface area contributed by atoms with E-state index in [0.29, 0.717) is 18.8 Å². The lowest BCUT2D eigenvalue weighted by Gasteiger charge is -2.38. The lowest BCUT2D eigenvalue weighted by molar-refractivity contribution is 0.0243. The molecular formula is C19H22N2O3. The number of aryl methyl sites for hydroxylation is 1. The second kappa shape index (κ2) is 6.07. The minimum Gasteiger partial charge on any atom is -0.456 e. The summed E-state index contributed by atoms with van der Waals surface area (Å²) in [5, 5.41) is 10.6. The summed E-state index contributed by atoms with van der Waals surface area (Å²) in [6.07, 6.45) is 0.444. The van der Waals surface area contributed by atoms with Crippen molar-refractivity contribution in [1.82, 2.24) is 9.80 Å². The fourth-order valence-electron chi connectivity index (χ4n) is 3.84. The summed E-state index contributed by atoms with van der Waals surface area (Å²) in [4.78, 5) is 16.6. The minimum absolute atomic E-state index is 0.0435. The molecule has 4 rings (SSSR count). The van der Waals surface area contributed by atoms with Gasteiger partial charge < -0.3 is 14.4 Å². The second-order valence-electron chi connectivity index (χ2n) is 6.65. The number of piperazine rings is 1. The molecule has 1 aromatic heterocycles. The minimum atomic E-state index is -0.434. The van der Waals surface area contributed by atoms with Crippen molar-refractivity contribution in [1.29, 1.82) is 0 Å². The average Bonchev–Trinajstić information content (AvgIpc) is 3.19. The molecule has 2 heterocycles. The van der Waals surface area contributed by atoms with Gasteiger partial charge in [-0.05, 0) is 36.6 Å². The Morgan fingerprint density at radius 3 is 2.54 bits per heavy atom. The molecule has 2 aromatic rings. The van der Waals surface area contributed by atoms with Crippen LogP contribution in [0.15, 0.2) is 40.8 Å². The van der Waals surface area contributed by atoms with E-state index in [1.165, 1.54) is 5.56 Å². The zero-order valence-electron chi connectivity index (χ0n) is 13.8. The zero-order chi connectivity index (χ0) is 16.7. The van der Waals surface area contributed by atoms with Crippen LogP contribution in [0.3, 0.4) is 0 Å². The molecule has 0 saturated carbocycles. The van der Waals surface area contributed by atoms with Crippen molar-refractivity contribution in [2.75, 3.05) is 26.2 Å². The van der Waals surface area contributed by atoms with Crippen molar-refractivity contribution < 1.29 is 14.3 Å². The number of benzene rings is 1. The molecule has 5 nitrogen and oxygen atoms in total. The Hall–Kier alpha value is -2.11. The number of furan rings is 1. The molecule has 1 aliphatic heterocycles. The predicted molar refractivity (Wildman–Crippen MR) is 89.8 cm³/mol. The standard InChI is InChI=1S/C19H22N2O3/c1-13-6-7-17(24-13)19(23)21-10-8-20(9-11-21)16-12-14-4-2-3-5-15(14)18(16)22/h2-7,16,18,22H,8-12H2,1H3/t16-,18-/m1/s1. The Morgan fingerprint density at radius 1 is 1.12 bits per heavy atom. The van der Waals surface area contributed by atoms with Gasteiger partial charge in [0.1, 0.15) is 5.76 Å². The number of fused-ring (bicyclic) bond motifs is 1. The zero-order valence-corrected chi connectivity index (χ0v) is 13.8. The third-order valence-electron chi connectivity index (χ3n) is 5.19. The van der Waals surface area contributed by atoms with Gasteiger partial charge in [-0.15, -0.1) is 0 Å². The summed E-state index contributed by atoms with van der Waals surface area (Å²) in [6, 6.07) is 11.8. The van der Waals surface area contributed by atoms with Crippen LogP contribution >= 0.6 is 0 Å². The normalized spacial score (nSPS) is 24.2. The Kier molecular flexibility index (Phi) is 3.90. The maximum atomic E-state index is 12.4. The van der Waals surface area contributed by atoms with Crippen LogP contribution in [-0.4, -0.2) is 53.0 Å². The molecule has 5 heteroatoms. The highest BCUT2D eigenvalue weighted by atomic mass is 16.3. The van der Waals surface area contributed by atoms with Crippen molar-refractivity contribution in [3.8, 4) is 0 Å². The first-order chi connectivity index (χ1) is 11.6. The van der Waals surface area contributed by atoms with E-state index >= 15 is 0 Å². The topological polar surface area (TPSA) is 56.9 Å². The summed E-state index contributed by atoms with van der Waals surface area (Å²) in [7, 11) is 0. The number of aliphatic hydroxyl groups is 1. The van der Waals surface area contributed by atoms with Crippen LogP contribution in [0.4, 0.5) is 0 Å². The highest BCUT2D eigenvalue weighted by Gasteiger charge is 2.36. The second-order valence-corrected chi connectivity index (χ2v) is 6.65. The number of carbonyl (C=O) groups excluding carboxylic acids is 1. The molecule has 24 heavy (non-hydrogen) atoms. The van der Waals surface area contributed by atoms with E-state index in [-0.39, 0.29) is 11.9 Å². The Labute approximate surface area is 141 Å². The van der Waals surface area contributed by atoms with Crippen molar-refractivity contribution >= 4 is 5.91 Å². The van der Waals surface area contributed by atoms with E-state index in [4.69, 9.17) is 4.42 Å². The summed E-state index contributed by atoms with van der Waals surface area (Å²) in [5.74, 6) is 1.12. The van der Waals surface area contributed by atoms with Gasteiger partial charge in [-0.3, -0.25) is 9.69 Å². The average molecular weight is 326 g/mol. The largest absolute Gasteiger partial charge is 0.456 e. The van der Waals surface area contributed by atoms with Gasteiger partial charge >= 0.3 is 0 Å². The lowest BCUT2D eigenvalue weighted by Crippen LogP contribution is -2.52. The highest BCUT2D eigenvalue weighted by Crippen LogP contribution is 2.34. The lowest BCUT2D eigenvalue weighted by atomic mass is 10.1. The molecule has 1 fully saturated rings. The molecular weight excluding hydrogens is 304 g/mol. The van der Waals surface area contributed by atoms with Crippen LogP contribution in [0.5, 0.6) is 0 Å². The maximum absolute atomic E-state index is 12.4. The number of rotatable bonds is 2. The molecule has 1 N–H and O–H groups in total. The fraction of sp³-hybridized carbons (Fsp3) is 0.421. The Bertz CT molecular complexity index is 747. The van der Waals surface area contributed by atoms with Crippen LogP contribution in [0.1, 0.15) is 33.5 Å². The quantitative estimate of drug-likeness (QED) is 0.917. The molecule has 0 spiro atoms. The Morgan fingerprint density at radius 2 is 1.88 bits per heavy atom. The molecule has 1 amide bonds. The summed E-state index contributed by atoms with van der Waals surface area (Å²) in [5.41, 5.74) is 2.28. The van der Waals surface area contributed by atoms with Gasteiger partial charge in [-0.25, -0.2) is 0 Å². The molecule has 1 aliphatic carbocycles. The molecule has 1 aromatic carbocycles. The fourth-order valence-corrected chi connectivity index (χ4v) is 3.84. The molecule has 0 radical (unpaired) electrons. The summed E-state index contributed by atoms with van der Waals surface area (Å²) < 4.78 is 5.44. The molecule has 0 bridgehead atoms. The third kappa shape index (κ3) is 2.64. The first kappa shape index (κ1) is 15.4. The number of hydrogen-bond donors (Lipinski definition) is 1. The number of hydrogen-bond acceptors (Lipinski definition) is 4. The first-order valence-electron chi connectivity index (χ1n) is 8.49. The van der Waals surface area contributed by atoms with Gasteiger partial charge in [0, 0.05) is 32.2 Å². The van der Waals surface area contributed by atoms with Crippen LogP contribution in [0, 0.1) is 6.92 Å². The van der Waals surface area contributed by atoms with Gasteiger partial charge in [0.25, 0.3) is 5.91 Å². The molecule has 2 atom stereocenters. The Balaban J connectivity index is 1.39. The number of nitrogens with zero attached hydrogens (tertiary/aromatic N) is 2. The van der Waals surface area contributed by atoms with Gasteiger partial charge in [0.15, 0.2) is 5.76 Å². The summed E-state index contributed by atoms with van der Waals surface area (Å²) >= 11 is 0. The smallest absolute Gasteiger partial charge is 0.289 e. The third-order valence-corrected chi connectivity index (χ3v) is 5.19. The van der Waals surface area contributed by atoms with Crippen molar-refractivity contribution in [3.05, 3.63) is 59.0 Å². The number of amides is 1. The van der Waals surface area contributed by atoms with Crippen LogP contribution < -0.4 is 0 Å². The molecule has 126 valence electrons. The van der Waals surface area contributed by atoms with Gasteiger partial charge in [-0.2, -0.15) is 0 Å². The van der Waals surface area contributed by atoms with Crippen molar-refractivity contribution in [2.45, 2.75) is 25.5 Å². The van der Waals surface area contributed by atoms with Gasteiger partial charge in [-0.1, -0.05) is 24.3 Å². The molecule has 1 saturated heterocycles. The van der Waals surface area contributed by atoms with Gasteiger partial charge in [0.2, 0.25) is 0 Å². The van der Waals surface area contributed by atoms with Gasteiger partial charge in [0.05, 0.1) is 6.10 Å². The molecule has 2 aliphatic rings. The maximum Gasteiger partial charge on any atom is 0.289 e. The number of aliphatic hydroxyl groups excluding tert-OH is 1. The summed E-state index contributed by atoms with van der Waals surface area (Å²) in [6.45, 7) is 4.73. The molecule has 0 unspecified atom stereocenters. The van der Waals surface area contributed by atoms with E-state index in [0.717, 1.165) is 30.8 Å². The van der Waals surface area contributed by atoms with E-state index < -0.39 is 6.10 Å². The predicted octanol–water partition coefficient (Wildman–Crippen LogP) is 2.00.